The Bertz CT molecular complexity index is 662. The van der Waals surface area contributed by atoms with Crippen molar-refractivity contribution in [2.24, 2.45) is 11.8 Å². The number of amides is 1. The molecule has 0 N–H and O–H groups in total. The highest BCUT2D eigenvalue weighted by Gasteiger charge is 2.27. The number of carbonyl (C=O) groups excluding carboxylic acids is 1. The van der Waals surface area contributed by atoms with Crippen molar-refractivity contribution in [2.45, 2.75) is 25.2 Å². The maximum absolute atomic E-state index is 13.5. The molecular weight excluding hydrogens is 317 g/mol. The van der Waals surface area contributed by atoms with Crippen LogP contribution in [0.5, 0.6) is 0 Å². The van der Waals surface area contributed by atoms with Gasteiger partial charge in [-0.05, 0) is 36.5 Å². The molecule has 116 valence electrons. The van der Waals surface area contributed by atoms with Crippen LogP contribution in [0.2, 0.25) is 0 Å². The quantitative estimate of drug-likeness (QED) is 0.782. The highest BCUT2D eigenvalue weighted by molar-refractivity contribution is 8.13. The number of hydrogen-bond donors (Lipinski definition) is 0. The highest BCUT2D eigenvalue weighted by atomic mass is 35.7. The topological polar surface area (TPSA) is 54.5 Å². The Balaban J connectivity index is 2.30. The highest BCUT2D eigenvalue weighted by Crippen LogP contribution is 2.25. The van der Waals surface area contributed by atoms with Crippen molar-refractivity contribution in [3.63, 3.8) is 0 Å². The zero-order valence-corrected chi connectivity index (χ0v) is 13.4. The minimum atomic E-state index is -4.07. The predicted octanol–water partition coefficient (Wildman–Crippen LogP) is 2.87. The van der Waals surface area contributed by atoms with Gasteiger partial charge in [0.1, 0.15) is 5.82 Å². The summed E-state index contributed by atoms with van der Waals surface area (Å²) in [5, 5.41) is 0. The first-order valence-corrected chi connectivity index (χ1v) is 9.04. The lowest BCUT2D eigenvalue weighted by atomic mass is 9.88. The fraction of sp³-hybridized carbons (Fsp3) is 0.500. The van der Waals surface area contributed by atoms with Crippen molar-refractivity contribution >= 4 is 25.6 Å². The molecule has 21 heavy (non-hydrogen) atoms. The van der Waals surface area contributed by atoms with Gasteiger partial charge in [0.25, 0.3) is 15.0 Å². The number of halogens is 2. The lowest BCUT2D eigenvalue weighted by Crippen LogP contribution is -2.42. The van der Waals surface area contributed by atoms with Gasteiger partial charge in [-0.3, -0.25) is 4.79 Å². The summed E-state index contributed by atoms with van der Waals surface area (Å²) in [7, 11) is 1.15. The van der Waals surface area contributed by atoms with Crippen molar-refractivity contribution in [2.75, 3.05) is 13.1 Å². The van der Waals surface area contributed by atoms with Gasteiger partial charge in [-0.25, -0.2) is 12.8 Å². The number of piperidine rings is 1. The van der Waals surface area contributed by atoms with Crippen molar-refractivity contribution in [1.29, 1.82) is 0 Å². The second-order valence-electron chi connectivity index (χ2n) is 5.61. The van der Waals surface area contributed by atoms with Gasteiger partial charge in [-0.1, -0.05) is 13.8 Å². The molecule has 1 aromatic carbocycles. The number of nitrogens with zero attached hydrogens (tertiary/aromatic N) is 1. The summed E-state index contributed by atoms with van der Waals surface area (Å²) in [6.45, 7) is 5.36. The summed E-state index contributed by atoms with van der Waals surface area (Å²) in [4.78, 5) is 13.6. The maximum atomic E-state index is 13.5. The van der Waals surface area contributed by atoms with Crippen LogP contribution in [-0.4, -0.2) is 32.3 Å². The zero-order chi connectivity index (χ0) is 15.8. The molecule has 1 amide bonds. The molecule has 0 aromatic heterocycles. The minimum absolute atomic E-state index is 0.0102. The first kappa shape index (κ1) is 16.2. The second kappa shape index (κ2) is 5.93. The van der Waals surface area contributed by atoms with Gasteiger partial charge in [0, 0.05) is 29.3 Å². The lowest BCUT2D eigenvalue weighted by Gasteiger charge is -2.35. The molecule has 0 saturated carbocycles. The van der Waals surface area contributed by atoms with Crippen molar-refractivity contribution in [3.8, 4) is 0 Å². The molecule has 1 aromatic rings. The summed E-state index contributed by atoms with van der Waals surface area (Å²) in [6.07, 6.45) is 0.878. The smallest absolute Gasteiger partial charge is 0.261 e. The van der Waals surface area contributed by atoms with E-state index in [1.54, 1.807) is 4.90 Å². The Morgan fingerprint density at radius 1 is 1.29 bits per heavy atom. The fourth-order valence-electron chi connectivity index (χ4n) is 2.46. The molecule has 0 spiro atoms. The number of carbonyl (C=O) groups is 1. The molecule has 2 atom stereocenters. The van der Waals surface area contributed by atoms with Crippen LogP contribution >= 0.6 is 10.7 Å². The molecule has 7 heteroatoms. The van der Waals surface area contributed by atoms with Crippen molar-refractivity contribution in [1.82, 2.24) is 4.90 Å². The molecule has 1 aliphatic rings. The van der Waals surface area contributed by atoms with E-state index in [0.717, 1.165) is 24.6 Å². The molecule has 1 fully saturated rings. The van der Waals surface area contributed by atoms with Crippen LogP contribution in [0.1, 0.15) is 30.6 Å². The third kappa shape index (κ3) is 3.74. The average molecular weight is 334 g/mol. The maximum Gasteiger partial charge on any atom is 0.261 e. The van der Waals surface area contributed by atoms with Crippen molar-refractivity contribution in [3.05, 3.63) is 29.6 Å². The molecular formula is C14H17ClFNO3S. The molecule has 1 heterocycles. The van der Waals surface area contributed by atoms with Gasteiger partial charge < -0.3 is 4.90 Å². The first-order valence-electron chi connectivity index (χ1n) is 6.73. The van der Waals surface area contributed by atoms with Gasteiger partial charge in [0.15, 0.2) is 0 Å². The molecule has 2 rings (SSSR count). The molecule has 0 bridgehead atoms. The molecule has 1 saturated heterocycles. The van der Waals surface area contributed by atoms with Gasteiger partial charge in [-0.15, -0.1) is 0 Å². The molecule has 1 aliphatic heterocycles. The van der Waals surface area contributed by atoms with Crippen LogP contribution < -0.4 is 0 Å². The van der Waals surface area contributed by atoms with Crippen LogP contribution in [0.4, 0.5) is 4.39 Å². The lowest BCUT2D eigenvalue weighted by molar-refractivity contribution is 0.0626. The number of benzene rings is 1. The molecule has 4 nitrogen and oxygen atoms in total. The number of hydrogen-bond acceptors (Lipinski definition) is 3. The molecule has 0 aliphatic carbocycles. The van der Waals surface area contributed by atoms with E-state index in [0.29, 0.717) is 24.9 Å². The molecule has 0 radical (unpaired) electrons. The molecule has 2 unspecified atom stereocenters. The van der Waals surface area contributed by atoms with E-state index in [2.05, 4.69) is 13.8 Å². The standard InChI is InChI=1S/C14H17ClFNO3S/c1-9-3-4-17(8-10(9)2)14(18)11-5-12(16)7-13(6-11)21(15,19)20/h5-7,9-10H,3-4,8H2,1-2H3. The van der Waals surface area contributed by atoms with E-state index in [1.165, 1.54) is 0 Å². The van der Waals surface area contributed by atoms with Crippen LogP contribution in [-0.2, 0) is 9.05 Å². The predicted molar refractivity (Wildman–Crippen MR) is 78.3 cm³/mol. The summed E-state index contributed by atoms with van der Waals surface area (Å²) >= 11 is 0. The van der Waals surface area contributed by atoms with E-state index >= 15 is 0 Å². The van der Waals surface area contributed by atoms with Gasteiger partial charge in [0.05, 0.1) is 4.90 Å². The monoisotopic (exact) mass is 333 g/mol. The summed E-state index contributed by atoms with van der Waals surface area (Å²) in [6, 6.07) is 2.97. The average Bonchev–Trinajstić information content (AvgIpc) is 2.39. The third-order valence-electron chi connectivity index (χ3n) is 4.02. The second-order valence-corrected chi connectivity index (χ2v) is 8.17. The zero-order valence-electron chi connectivity index (χ0n) is 11.8. The normalized spacial score (nSPS) is 23.1. The fourth-order valence-corrected chi connectivity index (χ4v) is 3.25. The van der Waals surface area contributed by atoms with Crippen LogP contribution in [0.25, 0.3) is 0 Å². The van der Waals surface area contributed by atoms with Crippen LogP contribution in [0.15, 0.2) is 23.1 Å². The first-order chi connectivity index (χ1) is 9.68. The van der Waals surface area contributed by atoms with E-state index < -0.39 is 19.8 Å². The summed E-state index contributed by atoms with van der Waals surface area (Å²) in [5.74, 6) is -0.277. The van der Waals surface area contributed by atoms with E-state index in [-0.39, 0.29) is 11.5 Å². The van der Waals surface area contributed by atoms with E-state index in [4.69, 9.17) is 10.7 Å². The van der Waals surface area contributed by atoms with E-state index in [9.17, 15) is 17.6 Å². The van der Waals surface area contributed by atoms with Crippen LogP contribution in [0, 0.1) is 17.7 Å². The Labute approximate surface area is 128 Å². The van der Waals surface area contributed by atoms with Crippen molar-refractivity contribution < 1.29 is 17.6 Å². The Hall–Kier alpha value is -1.14. The van der Waals surface area contributed by atoms with Crippen LogP contribution in [0.3, 0.4) is 0 Å². The Morgan fingerprint density at radius 2 is 1.95 bits per heavy atom. The van der Waals surface area contributed by atoms with Gasteiger partial charge >= 0.3 is 0 Å². The van der Waals surface area contributed by atoms with Gasteiger partial charge in [0.2, 0.25) is 0 Å². The number of rotatable bonds is 2. The van der Waals surface area contributed by atoms with E-state index in [1.807, 2.05) is 0 Å². The Morgan fingerprint density at radius 3 is 2.52 bits per heavy atom. The SMILES string of the molecule is CC1CCN(C(=O)c2cc(F)cc(S(=O)(=O)Cl)c2)CC1C. The Kier molecular flexibility index (Phi) is 4.58. The third-order valence-corrected chi connectivity index (χ3v) is 5.35. The largest absolute Gasteiger partial charge is 0.338 e. The summed E-state index contributed by atoms with van der Waals surface area (Å²) < 4.78 is 36.1. The minimum Gasteiger partial charge on any atom is -0.338 e. The number of likely N-dealkylation sites (tertiary alicyclic amines) is 1. The summed E-state index contributed by atoms with van der Waals surface area (Å²) in [5.41, 5.74) is 0.0102. The van der Waals surface area contributed by atoms with Gasteiger partial charge in [-0.2, -0.15) is 0 Å².